The number of rotatable bonds is 4. The second-order valence-electron chi connectivity index (χ2n) is 7.13. The molecule has 1 amide bonds. The molecule has 5 heteroatoms. The summed E-state index contributed by atoms with van der Waals surface area (Å²) in [6.07, 6.45) is 6.26. The molecule has 0 bridgehead atoms. The van der Waals surface area contributed by atoms with Gasteiger partial charge in [0.15, 0.2) is 0 Å². The fourth-order valence-corrected chi connectivity index (χ4v) is 3.90. The number of hydrogen-bond acceptors (Lipinski definition) is 4. The van der Waals surface area contributed by atoms with E-state index in [0.29, 0.717) is 11.8 Å². The molecule has 1 fully saturated rings. The van der Waals surface area contributed by atoms with E-state index in [2.05, 4.69) is 17.4 Å². The number of aromatic nitrogens is 1. The lowest BCUT2D eigenvalue weighted by Gasteiger charge is -2.21. The monoisotopic (exact) mass is 336 g/mol. The number of thioether (sulfide) groups is 1. The highest BCUT2D eigenvalue weighted by molar-refractivity contribution is 7.99. The van der Waals surface area contributed by atoms with Crippen molar-refractivity contribution in [3.63, 3.8) is 0 Å². The zero-order valence-corrected chi connectivity index (χ0v) is 15.5. The molecule has 0 atom stereocenters. The molecule has 1 aromatic rings. The Kier molecular flexibility index (Phi) is 6.33. The first kappa shape index (κ1) is 18.1. The van der Waals surface area contributed by atoms with Gasteiger partial charge in [-0.25, -0.2) is 9.78 Å². The molecule has 0 saturated heterocycles. The summed E-state index contributed by atoms with van der Waals surface area (Å²) in [5.41, 5.74) is 1.53. The Labute approximate surface area is 143 Å². The minimum absolute atomic E-state index is 0.391. The number of amides is 1. The largest absolute Gasteiger partial charge is 0.444 e. The molecular formula is C18H28N2O2S. The van der Waals surface area contributed by atoms with Crippen molar-refractivity contribution in [2.75, 3.05) is 0 Å². The van der Waals surface area contributed by atoms with E-state index >= 15 is 0 Å². The van der Waals surface area contributed by atoms with Crippen LogP contribution in [0.15, 0.2) is 17.2 Å². The summed E-state index contributed by atoms with van der Waals surface area (Å²) in [7, 11) is 0. The van der Waals surface area contributed by atoms with E-state index < -0.39 is 11.7 Å². The number of hydrogen-bond donors (Lipinski definition) is 1. The fourth-order valence-electron chi connectivity index (χ4n) is 2.65. The number of pyridine rings is 1. The van der Waals surface area contributed by atoms with Crippen LogP contribution in [-0.2, 0) is 11.3 Å². The van der Waals surface area contributed by atoms with E-state index in [1.165, 1.54) is 32.1 Å². The third kappa shape index (κ3) is 6.42. The van der Waals surface area contributed by atoms with E-state index in [4.69, 9.17) is 9.72 Å². The second-order valence-corrected chi connectivity index (χ2v) is 8.45. The average Bonchev–Trinajstić information content (AvgIpc) is 2.45. The number of aryl methyl sites for hydroxylation is 1. The SMILES string of the molecule is Cc1nc(SC2CCCCC2)ccc1CNC(=O)OC(C)(C)C. The summed E-state index contributed by atoms with van der Waals surface area (Å²) in [5.74, 6) is 0. The molecular weight excluding hydrogens is 308 g/mol. The summed E-state index contributed by atoms with van der Waals surface area (Å²) >= 11 is 1.90. The molecule has 1 aromatic heterocycles. The van der Waals surface area contributed by atoms with E-state index in [0.717, 1.165) is 16.3 Å². The molecule has 1 saturated carbocycles. The van der Waals surface area contributed by atoms with E-state index in [1.54, 1.807) is 0 Å². The van der Waals surface area contributed by atoms with Crippen LogP contribution in [0.4, 0.5) is 4.79 Å². The lowest BCUT2D eigenvalue weighted by atomic mass is 10.0. The molecule has 0 radical (unpaired) electrons. The topological polar surface area (TPSA) is 51.2 Å². The number of carbonyl (C=O) groups excluding carboxylic acids is 1. The molecule has 1 N–H and O–H groups in total. The summed E-state index contributed by atoms with van der Waals surface area (Å²) in [6.45, 7) is 8.02. The van der Waals surface area contributed by atoms with Crippen molar-refractivity contribution in [2.24, 2.45) is 0 Å². The first-order valence-electron chi connectivity index (χ1n) is 8.43. The van der Waals surface area contributed by atoms with Gasteiger partial charge >= 0.3 is 6.09 Å². The number of alkyl carbamates (subject to hydrolysis) is 1. The lowest BCUT2D eigenvalue weighted by Crippen LogP contribution is -2.32. The third-order valence-electron chi connectivity index (χ3n) is 3.83. The highest BCUT2D eigenvalue weighted by Gasteiger charge is 2.17. The molecule has 1 aliphatic carbocycles. The number of nitrogens with one attached hydrogen (secondary N) is 1. The Hall–Kier alpha value is -1.23. The molecule has 1 aliphatic rings. The van der Waals surface area contributed by atoms with Crippen molar-refractivity contribution < 1.29 is 9.53 Å². The fraction of sp³-hybridized carbons (Fsp3) is 0.667. The van der Waals surface area contributed by atoms with Gasteiger partial charge in [0.2, 0.25) is 0 Å². The molecule has 0 unspecified atom stereocenters. The smallest absolute Gasteiger partial charge is 0.407 e. The van der Waals surface area contributed by atoms with E-state index in [1.807, 2.05) is 39.5 Å². The minimum Gasteiger partial charge on any atom is -0.444 e. The molecule has 128 valence electrons. The van der Waals surface area contributed by atoms with Crippen LogP contribution in [-0.4, -0.2) is 21.9 Å². The summed E-state index contributed by atoms with van der Waals surface area (Å²) in [4.78, 5) is 16.4. The number of ether oxygens (including phenoxy) is 1. The van der Waals surface area contributed by atoms with Gasteiger partial charge in [-0.1, -0.05) is 25.3 Å². The first-order chi connectivity index (χ1) is 10.8. The highest BCUT2D eigenvalue weighted by atomic mass is 32.2. The third-order valence-corrected chi connectivity index (χ3v) is 5.10. The van der Waals surface area contributed by atoms with Crippen molar-refractivity contribution in [2.45, 2.75) is 82.2 Å². The van der Waals surface area contributed by atoms with Crippen molar-refractivity contribution in [3.8, 4) is 0 Å². The average molecular weight is 337 g/mol. The van der Waals surface area contributed by atoms with Crippen LogP contribution in [0.3, 0.4) is 0 Å². The van der Waals surface area contributed by atoms with Crippen LogP contribution >= 0.6 is 11.8 Å². The molecule has 1 heterocycles. The van der Waals surface area contributed by atoms with Crippen LogP contribution < -0.4 is 5.32 Å². The van der Waals surface area contributed by atoms with Gasteiger partial charge in [0, 0.05) is 17.5 Å². The van der Waals surface area contributed by atoms with Crippen LogP contribution in [0, 0.1) is 6.92 Å². The normalized spacial score (nSPS) is 16.2. The standard InChI is InChI=1S/C18H28N2O2S/c1-13-14(12-19-17(21)22-18(2,3)4)10-11-16(20-13)23-15-8-6-5-7-9-15/h10-11,15H,5-9,12H2,1-4H3,(H,19,21). The van der Waals surface area contributed by atoms with Crippen LogP contribution in [0.1, 0.15) is 64.1 Å². The van der Waals surface area contributed by atoms with Crippen LogP contribution in [0.2, 0.25) is 0 Å². The maximum absolute atomic E-state index is 11.7. The predicted octanol–water partition coefficient (Wildman–Crippen LogP) is 4.84. The van der Waals surface area contributed by atoms with Gasteiger partial charge in [-0.3, -0.25) is 0 Å². The van der Waals surface area contributed by atoms with E-state index in [-0.39, 0.29) is 0 Å². The highest BCUT2D eigenvalue weighted by Crippen LogP contribution is 2.32. The molecule has 2 rings (SSSR count). The van der Waals surface area contributed by atoms with Gasteiger partial charge in [-0.2, -0.15) is 0 Å². The second kappa shape index (κ2) is 8.04. The lowest BCUT2D eigenvalue weighted by molar-refractivity contribution is 0.0523. The quantitative estimate of drug-likeness (QED) is 0.855. The molecule has 23 heavy (non-hydrogen) atoms. The molecule has 4 nitrogen and oxygen atoms in total. The Balaban J connectivity index is 1.87. The van der Waals surface area contributed by atoms with Gasteiger partial charge in [-0.05, 0) is 52.2 Å². The van der Waals surface area contributed by atoms with Crippen LogP contribution in [0.5, 0.6) is 0 Å². The van der Waals surface area contributed by atoms with Gasteiger partial charge in [0.1, 0.15) is 5.60 Å². The van der Waals surface area contributed by atoms with Crippen LogP contribution in [0.25, 0.3) is 0 Å². The van der Waals surface area contributed by atoms with E-state index in [9.17, 15) is 4.79 Å². The first-order valence-corrected chi connectivity index (χ1v) is 9.31. The van der Waals surface area contributed by atoms with Gasteiger partial charge in [0.05, 0.1) is 5.03 Å². The van der Waals surface area contributed by atoms with Crippen molar-refractivity contribution in [3.05, 3.63) is 23.4 Å². The Morgan fingerprint density at radius 3 is 2.61 bits per heavy atom. The molecule has 0 spiro atoms. The molecule has 0 aliphatic heterocycles. The summed E-state index contributed by atoms with van der Waals surface area (Å²) < 4.78 is 5.25. The zero-order chi connectivity index (χ0) is 16.9. The van der Waals surface area contributed by atoms with Crippen molar-refractivity contribution >= 4 is 17.9 Å². The Morgan fingerprint density at radius 1 is 1.30 bits per heavy atom. The predicted molar refractivity (Wildman–Crippen MR) is 94.8 cm³/mol. The Bertz CT molecular complexity index is 534. The Morgan fingerprint density at radius 2 is 2.00 bits per heavy atom. The number of carbonyl (C=O) groups is 1. The van der Waals surface area contributed by atoms with Gasteiger partial charge in [0.25, 0.3) is 0 Å². The zero-order valence-electron chi connectivity index (χ0n) is 14.6. The van der Waals surface area contributed by atoms with Gasteiger partial charge in [-0.15, -0.1) is 11.8 Å². The van der Waals surface area contributed by atoms with Gasteiger partial charge < -0.3 is 10.1 Å². The summed E-state index contributed by atoms with van der Waals surface area (Å²) in [6, 6.07) is 4.13. The minimum atomic E-state index is -0.474. The molecule has 0 aromatic carbocycles. The maximum atomic E-state index is 11.7. The summed E-state index contributed by atoms with van der Waals surface area (Å²) in [5, 5.41) is 4.59. The van der Waals surface area contributed by atoms with Crippen molar-refractivity contribution in [1.29, 1.82) is 0 Å². The number of nitrogens with zero attached hydrogens (tertiary/aromatic N) is 1. The maximum Gasteiger partial charge on any atom is 0.407 e. The van der Waals surface area contributed by atoms with Crippen molar-refractivity contribution in [1.82, 2.24) is 10.3 Å².